The Morgan fingerprint density at radius 3 is 2.49 bits per heavy atom. The van der Waals surface area contributed by atoms with Crippen LogP contribution >= 0.6 is 11.8 Å². The first-order chi connectivity index (χ1) is 18.1. The molecule has 0 aromatic carbocycles. The fraction of sp³-hybridized carbons (Fsp3) is 0.781. The van der Waals surface area contributed by atoms with E-state index in [1.807, 2.05) is 0 Å². The molecule has 5 rings (SSSR count). The monoisotopic (exact) mass is 558 g/mol. The lowest BCUT2D eigenvalue weighted by atomic mass is 9.46. The minimum absolute atomic E-state index is 0.0217. The van der Waals surface area contributed by atoms with Crippen LogP contribution in [0.25, 0.3) is 0 Å². The Balaban J connectivity index is 1.39. The van der Waals surface area contributed by atoms with Gasteiger partial charge in [-0.1, -0.05) is 44.2 Å². The number of carbonyl (C=O) groups excluding carboxylic acids is 3. The van der Waals surface area contributed by atoms with Crippen LogP contribution in [0.4, 0.5) is 0 Å². The zero-order valence-electron chi connectivity index (χ0n) is 24.6. The molecular weight excluding hydrogens is 512 g/mol. The molecule has 216 valence electrons. The molecule has 7 heteroatoms. The molecule has 0 bridgehead atoms. The molecule has 0 amide bonds. The van der Waals surface area contributed by atoms with Crippen molar-refractivity contribution >= 4 is 28.6 Å². The van der Waals surface area contributed by atoms with E-state index in [1.54, 1.807) is 18.4 Å². The lowest BCUT2D eigenvalue weighted by Crippen LogP contribution is -2.55. The van der Waals surface area contributed by atoms with Crippen LogP contribution in [0.5, 0.6) is 0 Å². The van der Waals surface area contributed by atoms with E-state index in [0.29, 0.717) is 30.6 Å². The lowest BCUT2D eigenvalue weighted by Gasteiger charge is -2.59. The summed E-state index contributed by atoms with van der Waals surface area (Å²) in [5, 5.41) is 11.3. The highest BCUT2D eigenvalue weighted by molar-refractivity contribution is 8.13. The molecule has 1 aliphatic heterocycles. The Morgan fingerprint density at radius 1 is 1.15 bits per heavy atom. The summed E-state index contributed by atoms with van der Waals surface area (Å²) in [6.07, 6.45) is 11.6. The number of allylic oxidation sites excluding steroid dienone is 3. The number of aliphatic hydroxyl groups is 1. The smallest absolute Gasteiger partial charge is 0.314 e. The van der Waals surface area contributed by atoms with Gasteiger partial charge in [0.25, 0.3) is 0 Å². The summed E-state index contributed by atoms with van der Waals surface area (Å²) in [6, 6.07) is 0. The van der Waals surface area contributed by atoms with Crippen LogP contribution in [-0.4, -0.2) is 51.6 Å². The maximum absolute atomic E-state index is 12.8. The number of aliphatic hydroxyl groups excluding tert-OH is 1. The van der Waals surface area contributed by atoms with Gasteiger partial charge in [-0.3, -0.25) is 14.4 Å². The SMILES string of the molecule is CSC(=O)CC(=O)O[C@H](C[C@]1(C)OC1(C)C)[C@@H](C)[C@H]1CC[C@@H]2[C@H]3[C@H](O)CC4=CC(=O)C=C[C@]4(C)[C@H]3CC[C@]12C. The first-order valence-electron chi connectivity index (χ1n) is 14.7. The molecule has 4 aliphatic carbocycles. The topological polar surface area (TPSA) is 93.2 Å². The van der Waals surface area contributed by atoms with Gasteiger partial charge in [0, 0.05) is 11.8 Å². The van der Waals surface area contributed by atoms with Gasteiger partial charge >= 0.3 is 5.97 Å². The summed E-state index contributed by atoms with van der Waals surface area (Å²) in [7, 11) is 0. The molecule has 6 nitrogen and oxygen atoms in total. The Morgan fingerprint density at radius 2 is 1.85 bits per heavy atom. The Bertz CT molecular complexity index is 1110. The van der Waals surface area contributed by atoms with E-state index in [9.17, 15) is 19.5 Å². The summed E-state index contributed by atoms with van der Waals surface area (Å²) in [6.45, 7) is 13.1. The van der Waals surface area contributed by atoms with Crippen LogP contribution < -0.4 is 0 Å². The molecule has 0 aromatic rings. The second kappa shape index (κ2) is 9.84. The quantitative estimate of drug-likeness (QED) is 0.245. The van der Waals surface area contributed by atoms with Crippen LogP contribution in [0.15, 0.2) is 23.8 Å². The van der Waals surface area contributed by atoms with Gasteiger partial charge in [0.1, 0.15) is 12.5 Å². The number of rotatable bonds is 7. The second-order valence-corrected chi connectivity index (χ2v) is 15.0. The van der Waals surface area contributed by atoms with E-state index in [4.69, 9.17) is 9.47 Å². The van der Waals surface area contributed by atoms with Crippen molar-refractivity contribution in [3.8, 4) is 0 Å². The molecule has 5 aliphatic rings. The number of ketones is 1. The van der Waals surface area contributed by atoms with Gasteiger partial charge in [-0.25, -0.2) is 0 Å². The Hall–Kier alpha value is -1.44. The fourth-order valence-corrected chi connectivity index (χ4v) is 9.54. The lowest BCUT2D eigenvalue weighted by molar-refractivity contribution is -0.157. The van der Waals surface area contributed by atoms with Gasteiger partial charge in [0.05, 0.1) is 17.3 Å². The third-order valence-electron chi connectivity index (χ3n) is 12.0. The van der Waals surface area contributed by atoms with Crippen LogP contribution in [0.1, 0.15) is 86.5 Å². The number of carbonyl (C=O) groups is 3. The third kappa shape index (κ3) is 4.78. The van der Waals surface area contributed by atoms with Crippen molar-refractivity contribution in [2.24, 2.45) is 40.4 Å². The van der Waals surface area contributed by atoms with Gasteiger partial charge in [-0.05, 0) is 106 Å². The van der Waals surface area contributed by atoms with Crippen molar-refractivity contribution in [2.75, 3.05) is 6.26 Å². The number of hydrogen-bond donors (Lipinski definition) is 1. The number of hydrogen-bond acceptors (Lipinski definition) is 7. The molecule has 1 saturated heterocycles. The van der Waals surface area contributed by atoms with Crippen molar-refractivity contribution in [2.45, 2.75) is 110 Å². The molecule has 39 heavy (non-hydrogen) atoms. The molecule has 0 unspecified atom stereocenters. The summed E-state index contributed by atoms with van der Waals surface area (Å²) in [5.74, 6) is 0.884. The van der Waals surface area contributed by atoms with E-state index in [-0.39, 0.29) is 57.3 Å². The Kier molecular flexibility index (Phi) is 7.33. The van der Waals surface area contributed by atoms with E-state index < -0.39 is 12.1 Å². The minimum Gasteiger partial charge on any atom is -0.462 e. The van der Waals surface area contributed by atoms with Gasteiger partial charge in [0.2, 0.25) is 0 Å². The van der Waals surface area contributed by atoms with E-state index in [2.05, 4.69) is 47.6 Å². The summed E-state index contributed by atoms with van der Waals surface area (Å²) >= 11 is 1.06. The number of fused-ring (bicyclic) bond motifs is 5. The summed E-state index contributed by atoms with van der Waals surface area (Å²) < 4.78 is 12.2. The van der Waals surface area contributed by atoms with Crippen LogP contribution in [0.2, 0.25) is 0 Å². The highest BCUT2D eigenvalue weighted by Crippen LogP contribution is 2.67. The third-order valence-corrected chi connectivity index (χ3v) is 12.6. The molecule has 10 atom stereocenters. The molecule has 0 aromatic heterocycles. The molecule has 1 heterocycles. The van der Waals surface area contributed by atoms with E-state index >= 15 is 0 Å². The second-order valence-electron chi connectivity index (χ2n) is 14.2. The van der Waals surface area contributed by atoms with Crippen LogP contribution in [0.3, 0.4) is 0 Å². The number of ether oxygens (including phenoxy) is 2. The van der Waals surface area contributed by atoms with Gasteiger partial charge in [0.15, 0.2) is 10.9 Å². The molecular formula is C32H46O6S. The maximum Gasteiger partial charge on any atom is 0.314 e. The van der Waals surface area contributed by atoms with Crippen molar-refractivity contribution in [3.63, 3.8) is 0 Å². The largest absolute Gasteiger partial charge is 0.462 e. The first-order valence-corrected chi connectivity index (χ1v) is 16.0. The Labute approximate surface area is 237 Å². The van der Waals surface area contributed by atoms with Crippen molar-refractivity contribution in [1.82, 2.24) is 0 Å². The predicted octanol–water partition coefficient (Wildman–Crippen LogP) is 5.67. The average Bonchev–Trinajstić information content (AvgIpc) is 3.16. The highest BCUT2D eigenvalue weighted by Gasteiger charge is 2.64. The molecule has 0 radical (unpaired) electrons. The van der Waals surface area contributed by atoms with Crippen LogP contribution in [0, 0.1) is 40.4 Å². The van der Waals surface area contributed by atoms with Crippen LogP contribution in [-0.2, 0) is 23.9 Å². The highest BCUT2D eigenvalue weighted by atomic mass is 32.2. The molecule has 1 N–H and O–H groups in total. The molecule has 0 spiro atoms. The normalized spacial score (nSPS) is 43.4. The van der Waals surface area contributed by atoms with Gasteiger partial charge in [-0.15, -0.1) is 0 Å². The van der Waals surface area contributed by atoms with E-state index in [1.165, 1.54) is 0 Å². The zero-order chi connectivity index (χ0) is 28.5. The molecule has 3 saturated carbocycles. The molecule has 4 fully saturated rings. The average molecular weight is 559 g/mol. The maximum atomic E-state index is 12.8. The van der Waals surface area contributed by atoms with Crippen molar-refractivity contribution < 1.29 is 29.0 Å². The fourth-order valence-electron chi connectivity index (χ4n) is 9.28. The van der Waals surface area contributed by atoms with Gasteiger partial charge < -0.3 is 14.6 Å². The zero-order valence-corrected chi connectivity index (χ0v) is 25.4. The summed E-state index contributed by atoms with van der Waals surface area (Å²) in [4.78, 5) is 36.9. The van der Waals surface area contributed by atoms with Crippen molar-refractivity contribution in [1.29, 1.82) is 0 Å². The predicted molar refractivity (Wildman–Crippen MR) is 152 cm³/mol. The standard InChI is InChI=1S/C32H46O6S/c1-18(25(17-32(6)29(2,3)38-32)37-26(35)16-27(36)39-7)21-8-9-22-28-23(11-13-31(21,22)5)30(4)12-10-20(33)14-19(30)15-24(28)34/h10,12,14,18,21-25,28,34H,8-9,11,13,15-17H2,1-7H3/t18-,21+,22+,23-,24+,25+,28+,30-,31+,32-/m0/s1. The number of esters is 1. The van der Waals surface area contributed by atoms with Gasteiger partial charge in [-0.2, -0.15) is 0 Å². The van der Waals surface area contributed by atoms with Crippen molar-refractivity contribution in [3.05, 3.63) is 23.8 Å². The number of thioether (sulfide) groups is 1. The minimum atomic E-state index is -0.453. The summed E-state index contributed by atoms with van der Waals surface area (Å²) in [5.41, 5.74) is 0.298. The van der Waals surface area contributed by atoms with E-state index in [0.717, 1.165) is 43.0 Å². The number of epoxide rings is 1. The first kappa shape index (κ1) is 29.1.